The van der Waals surface area contributed by atoms with Crippen LogP contribution in [0.1, 0.15) is 66.8 Å². The van der Waals surface area contributed by atoms with Crippen LogP contribution in [-0.4, -0.2) is 38.3 Å². The second-order valence-electron chi connectivity index (χ2n) is 9.42. The van der Waals surface area contributed by atoms with Gasteiger partial charge >= 0.3 is 0 Å². The fraction of sp³-hybridized carbons (Fsp3) is 0.583. The molecule has 154 valence electrons. The first-order valence-corrected chi connectivity index (χ1v) is 12.0. The summed E-state index contributed by atoms with van der Waals surface area (Å²) in [5.41, 5.74) is 4.25. The van der Waals surface area contributed by atoms with Gasteiger partial charge in [0.1, 0.15) is 0 Å². The van der Waals surface area contributed by atoms with E-state index in [0.717, 1.165) is 42.9 Å². The minimum absolute atomic E-state index is 0.212. The molecule has 3 nitrogen and oxygen atoms in total. The first-order chi connectivity index (χ1) is 13.0. The lowest BCUT2D eigenvalue weighted by Gasteiger charge is -2.41. The van der Waals surface area contributed by atoms with Gasteiger partial charge < -0.3 is 0 Å². The number of nitrogens with zero attached hydrogens (tertiary/aromatic N) is 3. The maximum atomic E-state index is 5.01. The minimum Gasteiger partial charge on any atom is -0.298 e. The van der Waals surface area contributed by atoms with Gasteiger partial charge in [-0.1, -0.05) is 75.4 Å². The van der Waals surface area contributed by atoms with Gasteiger partial charge in [0.05, 0.1) is 17.1 Å². The molecule has 0 bridgehead atoms. The van der Waals surface area contributed by atoms with Crippen LogP contribution in [0.25, 0.3) is 11.4 Å². The van der Waals surface area contributed by atoms with E-state index in [1.54, 1.807) is 0 Å². The van der Waals surface area contributed by atoms with Crippen LogP contribution in [0, 0.1) is 0 Å². The fourth-order valence-corrected chi connectivity index (χ4v) is 7.20. The maximum absolute atomic E-state index is 5.01. The molecule has 0 aliphatic carbocycles. The second kappa shape index (κ2) is 9.46. The van der Waals surface area contributed by atoms with Gasteiger partial charge in [-0.2, -0.15) is 0 Å². The SMILES string of the molecule is CCN(CC)Cc1cccc(-c2cccc(CP(C(C)(C)C)C(C)(C)C)n2)n1. The van der Waals surface area contributed by atoms with E-state index in [-0.39, 0.29) is 7.92 Å². The van der Waals surface area contributed by atoms with Gasteiger partial charge in [0.15, 0.2) is 0 Å². The number of rotatable bonds is 7. The summed E-state index contributed by atoms with van der Waals surface area (Å²) in [4.78, 5) is 12.3. The molecule has 0 N–H and O–H groups in total. The van der Waals surface area contributed by atoms with Crippen molar-refractivity contribution in [3.63, 3.8) is 0 Å². The van der Waals surface area contributed by atoms with E-state index in [0.29, 0.717) is 10.3 Å². The number of hydrogen-bond donors (Lipinski definition) is 0. The lowest BCUT2D eigenvalue weighted by molar-refractivity contribution is 0.292. The highest BCUT2D eigenvalue weighted by atomic mass is 31.1. The van der Waals surface area contributed by atoms with Crippen LogP contribution in [0.5, 0.6) is 0 Å². The molecule has 0 spiro atoms. The van der Waals surface area contributed by atoms with E-state index in [9.17, 15) is 0 Å². The molecule has 4 heteroatoms. The Bertz CT molecular complexity index is 741. The van der Waals surface area contributed by atoms with Crippen molar-refractivity contribution in [3.05, 3.63) is 47.8 Å². The summed E-state index contributed by atoms with van der Waals surface area (Å²) in [6, 6.07) is 12.7. The maximum Gasteiger partial charge on any atom is 0.0890 e. The summed E-state index contributed by atoms with van der Waals surface area (Å²) in [5, 5.41) is 0.598. The molecule has 2 rings (SSSR count). The highest BCUT2D eigenvalue weighted by Gasteiger charge is 2.34. The summed E-state index contributed by atoms with van der Waals surface area (Å²) in [5.74, 6) is 0. The molecule has 0 aliphatic rings. The van der Waals surface area contributed by atoms with E-state index in [1.807, 2.05) is 0 Å². The van der Waals surface area contributed by atoms with Crippen LogP contribution >= 0.6 is 7.92 Å². The van der Waals surface area contributed by atoms with Gasteiger partial charge in [-0.15, -0.1) is 0 Å². The van der Waals surface area contributed by atoms with Gasteiger partial charge in [-0.05, 0) is 47.7 Å². The predicted octanol–water partition coefficient (Wildman–Crippen LogP) is 6.56. The van der Waals surface area contributed by atoms with Gasteiger partial charge in [-0.25, -0.2) is 4.98 Å². The Kier molecular flexibility index (Phi) is 7.76. The standard InChI is InChI=1S/C24H38N3P/c1-9-27(10-2)17-19-13-11-15-21(25-19)22-16-12-14-20(26-22)18-28(23(3,4)5)24(6,7)8/h11-16H,9-10,17-18H2,1-8H3. The van der Waals surface area contributed by atoms with Gasteiger partial charge in [0.2, 0.25) is 0 Å². The zero-order valence-electron chi connectivity index (χ0n) is 19.1. The molecule has 0 fully saturated rings. The summed E-state index contributed by atoms with van der Waals surface area (Å²) >= 11 is 0. The van der Waals surface area contributed by atoms with E-state index in [2.05, 4.69) is 96.7 Å². The van der Waals surface area contributed by atoms with Crippen molar-refractivity contribution in [2.45, 2.75) is 78.4 Å². The third-order valence-electron chi connectivity index (χ3n) is 5.10. The smallest absolute Gasteiger partial charge is 0.0890 e. The van der Waals surface area contributed by atoms with Crippen LogP contribution in [0.15, 0.2) is 36.4 Å². The first kappa shape index (κ1) is 23.0. The summed E-state index contributed by atoms with van der Waals surface area (Å²) in [6.45, 7) is 21.6. The average Bonchev–Trinajstić information content (AvgIpc) is 2.63. The average molecular weight is 400 g/mol. The molecule has 2 aromatic heterocycles. The molecule has 0 amide bonds. The number of aromatic nitrogens is 2. The predicted molar refractivity (Wildman–Crippen MR) is 124 cm³/mol. The molecular weight excluding hydrogens is 361 g/mol. The Hall–Kier alpha value is -1.31. The van der Waals surface area contributed by atoms with Crippen molar-refractivity contribution in [1.82, 2.24) is 14.9 Å². The van der Waals surface area contributed by atoms with Crippen molar-refractivity contribution in [3.8, 4) is 11.4 Å². The topological polar surface area (TPSA) is 29.0 Å². The first-order valence-electron chi connectivity index (χ1n) is 10.5. The van der Waals surface area contributed by atoms with Crippen molar-refractivity contribution >= 4 is 7.92 Å². The highest BCUT2D eigenvalue weighted by molar-refractivity contribution is 7.60. The number of hydrogen-bond acceptors (Lipinski definition) is 3. The fourth-order valence-electron chi connectivity index (χ4n) is 3.74. The normalized spacial score (nSPS) is 12.8. The van der Waals surface area contributed by atoms with Crippen LogP contribution in [0.2, 0.25) is 0 Å². The van der Waals surface area contributed by atoms with E-state index < -0.39 is 0 Å². The Labute approximate surface area is 173 Å². The second-order valence-corrected chi connectivity index (χ2v) is 13.3. The van der Waals surface area contributed by atoms with Crippen molar-refractivity contribution in [1.29, 1.82) is 0 Å². The molecule has 0 saturated carbocycles. The molecule has 0 unspecified atom stereocenters. The molecule has 0 aliphatic heterocycles. The van der Waals surface area contributed by atoms with Gasteiger partial charge in [0.25, 0.3) is 0 Å². The summed E-state index contributed by atoms with van der Waals surface area (Å²) < 4.78 is 0. The van der Waals surface area contributed by atoms with Crippen LogP contribution in [-0.2, 0) is 12.7 Å². The van der Waals surface area contributed by atoms with Crippen molar-refractivity contribution in [2.24, 2.45) is 0 Å². The van der Waals surface area contributed by atoms with E-state index in [1.165, 1.54) is 5.69 Å². The quantitative estimate of drug-likeness (QED) is 0.493. The summed E-state index contributed by atoms with van der Waals surface area (Å²) in [6.07, 6.45) is 1.05. The van der Waals surface area contributed by atoms with E-state index in [4.69, 9.17) is 9.97 Å². The Balaban J connectivity index is 2.28. The van der Waals surface area contributed by atoms with Gasteiger partial charge in [-0.3, -0.25) is 9.88 Å². The molecular formula is C24H38N3P. The lowest BCUT2D eigenvalue weighted by atomic mass is 10.2. The van der Waals surface area contributed by atoms with Crippen molar-refractivity contribution < 1.29 is 0 Å². The summed E-state index contributed by atoms with van der Waals surface area (Å²) in [7, 11) is -0.212. The Morgan fingerprint density at radius 1 is 0.750 bits per heavy atom. The van der Waals surface area contributed by atoms with Gasteiger partial charge in [0, 0.05) is 18.4 Å². The molecule has 28 heavy (non-hydrogen) atoms. The Morgan fingerprint density at radius 2 is 1.21 bits per heavy atom. The lowest BCUT2D eigenvalue weighted by Crippen LogP contribution is -2.26. The monoisotopic (exact) mass is 399 g/mol. The zero-order chi connectivity index (χ0) is 20.9. The molecule has 0 aromatic carbocycles. The van der Waals surface area contributed by atoms with E-state index >= 15 is 0 Å². The highest BCUT2D eigenvalue weighted by Crippen LogP contribution is 2.61. The zero-order valence-corrected chi connectivity index (χ0v) is 20.0. The largest absolute Gasteiger partial charge is 0.298 e. The number of pyridine rings is 2. The molecule has 0 radical (unpaired) electrons. The third-order valence-corrected chi connectivity index (χ3v) is 8.97. The van der Waals surface area contributed by atoms with Crippen LogP contribution in [0.3, 0.4) is 0 Å². The molecule has 0 atom stereocenters. The molecule has 0 saturated heterocycles. The molecule has 2 aromatic rings. The van der Waals surface area contributed by atoms with Crippen LogP contribution in [0.4, 0.5) is 0 Å². The Morgan fingerprint density at radius 3 is 1.68 bits per heavy atom. The third kappa shape index (κ3) is 6.36. The van der Waals surface area contributed by atoms with Crippen molar-refractivity contribution in [2.75, 3.05) is 13.1 Å². The molecule has 2 heterocycles. The minimum atomic E-state index is -0.212. The van der Waals surface area contributed by atoms with Crippen LogP contribution < -0.4 is 0 Å².